The summed E-state index contributed by atoms with van der Waals surface area (Å²) in [6.07, 6.45) is 9.20. The summed E-state index contributed by atoms with van der Waals surface area (Å²) in [6.45, 7) is 12.2. The molecule has 0 aromatic carbocycles. The van der Waals surface area contributed by atoms with Crippen molar-refractivity contribution >= 4 is 34.5 Å². The maximum atomic E-state index is 6.26. The van der Waals surface area contributed by atoms with E-state index in [-0.39, 0.29) is 5.60 Å². The van der Waals surface area contributed by atoms with Crippen LogP contribution in [0.4, 0.5) is 11.6 Å². The largest absolute Gasteiger partial charge is 0.402 e. The molecule has 0 amide bonds. The molecule has 0 unspecified atom stereocenters. The van der Waals surface area contributed by atoms with Crippen molar-refractivity contribution in [2.75, 3.05) is 31.5 Å². The van der Waals surface area contributed by atoms with Gasteiger partial charge in [-0.2, -0.15) is 5.10 Å². The summed E-state index contributed by atoms with van der Waals surface area (Å²) in [4.78, 5) is 16.6. The van der Waals surface area contributed by atoms with Crippen molar-refractivity contribution in [1.29, 1.82) is 0 Å². The summed E-state index contributed by atoms with van der Waals surface area (Å²) in [6, 6.07) is 7.84. The number of nitrogens with one attached hydrogen (secondary N) is 1. The quantitative estimate of drug-likeness (QED) is 0.312. The first-order chi connectivity index (χ1) is 18.3. The Bertz CT molecular complexity index is 1340. The van der Waals surface area contributed by atoms with E-state index in [2.05, 4.69) is 46.2 Å². The van der Waals surface area contributed by atoms with Gasteiger partial charge in [0.2, 0.25) is 0 Å². The molecule has 0 bridgehead atoms. The van der Waals surface area contributed by atoms with Gasteiger partial charge in [-0.15, -0.1) is 5.10 Å². The van der Waals surface area contributed by atoms with E-state index in [1.165, 1.54) is 12.8 Å². The van der Waals surface area contributed by atoms with Crippen LogP contribution in [0.25, 0.3) is 16.6 Å². The van der Waals surface area contributed by atoms with Crippen molar-refractivity contribution in [2.24, 2.45) is 10.7 Å². The highest BCUT2D eigenvalue weighted by atomic mass is 16.5. The molecule has 1 aliphatic carbocycles. The number of aromatic nitrogens is 4. The molecule has 1 aliphatic heterocycles. The Morgan fingerprint density at radius 1 is 1.24 bits per heavy atom. The Kier molecular flexibility index (Phi) is 7.67. The Labute approximate surface area is 224 Å². The first-order valence-corrected chi connectivity index (χ1v) is 13.5. The van der Waals surface area contributed by atoms with Gasteiger partial charge in [-0.3, -0.25) is 14.9 Å². The summed E-state index contributed by atoms with van der Waals surface area (Å²) in [7, 11) is 0. The zero-order valence-electron chi connectivity index (χ0n) is 22.8. The van der Waals surface area contributed by atoms with E-state index >= 15 is 0 Å². The van der Waals surface area contributed by atoms with Gasteiger partial charge < -0.3 is 15.8 Å². The zero-order valence-corrected chi connectivity index (χ0v) is 22.8. The van der Waals surface area contributed by atoms with Gasteiger partial charge in [-0.25, -0.2) is 4.98 Å². The number of nitrogens with two attached hydrogens (primary N) is 1. The molecule has 4 heterocycles. The Morgan fingerprint density at radius 3 is 2.84 bits per heavy atom. The van der Waals surface area contributed by atoms with Gasteiger partial charge in [0.1, 0.15) is 5.82 Å². The van der Waals surface area contributed by atoms with Crippen molar-refractivity contribution < 1.29 is 4.74 Å². The van der Waals surface area contributed by atoms with E-state index < -0.39 is 0 Å². The van der Waals surface area contributed by atoms with Crippen LogP contribution in [-0.2, 0) is 4.74 Å². The van der Waals surface area contributed by atoms with Crippen LogP contribution in [0.15, 0.2) is 47.3 Å². The highest BCUT2D eigenvalue weighted by molar-refractivity contribution is 6.11. The van der Waals surface area contributed by atoms with Crippen molar-refractivity contribution in [1.82, 2.24) is 25.1 Å². The number of allylic oxidation sites excluding steroid dienone is 2. The first kappa shape index (κ1) is 26.2. The molecular weight excluding hydrogens is 476 g/mol. The number of pyridine rings is 2. The second-order valence-corrected chi connectivity index (χ2v) is 10.9. The lowest BCUT2D eigenvalue weighted by Crippen LogP contribution is -2.48. The number of morpholine rings is 1. The predicted octanol–water partition coefficient (Wildman–Crippen LogP) is 4.69. The Morgan fingerprint density at radius 2 is 2.08 bits per heavy atom. The van der Waals surface area contributed by atoms with Gasteiger partial charge in [0, 0.05) is 55.4 Å². The molecule has 1 saturated heterocycles. The van der Waals surface area contributed by atoms with Crippen molar-refractivity contribution in [3.63, 3.8) is 0 Å². The van der Waals surface area contributed by atoms with Crippen LogP contribution >= 0.6 is 0 Å². The van der Waals surface area contributed by atoms with Gasteiger partial charge in [-0.05, 0) is 68.9 Å². The van der Waals surface area contributed by atoms with Gasteiger partial charge in [0.15, 0.2) is 5.82 Å². The number of rotatable bonds is 9. The lowest BCUT2D eigenvalue weighted by atomic mass is 10.1. The van der Waals surface area contributed by atoms with Gasteiger partial charge in [0.05, 0.1) is 28.9 Å². The lowest BCUT2D eigenvalue weighted by Gasteiger charge is -2.37. The second kappa shape index (κ2) is 11.1. The number of hydrogen-bond acceptors (Lipinski definition) is 9. The standard InChI is InChI=1S/C29H38N8O/c1-19(2)22-13-28(36-33-15-22)35-27-7-6-25-26(34-27)12-23(14-32-25)24(21(4)30)16-31-10-5-11-37-17-20(3)38-29(18-37)8-9-29/h6-7,12-16,19-20H,5,8-11,17-18,30H2,1-4H3,(H,34,35,36)/t20-/m1/s1. The van der Waals surface area contributed by atoms with Gasteiger partial charge in [-0.1, -0.05) is 13.8 Å². The van der Waals surface area contributed by atoms with Crippen LogP contribution in [0, 0.1) is 0 Å². The molecule has 0 radical (unpaired) electrons. The molecule has 3 N–H and O–H groups in total. The summed E-state index contributed by atoms with van der Waals surface area (Å²) in [5.41, 5.74) is 11.5. The zero-order chi connectivity index (χ0) is 26.7. The summed E-state index contributed by atoms with van der Waals surface area (Å²) in [5, 5.41) is 11.6. The molecule has 3 aromatic heterocycles. The van der Waals surface area contributed by atoms with Crippen LogP contribution in [0.3, 0.4) is 0 Å². The summed E-state index contributed by atoms with van der Waals surface area (Å²) >= 11 is 0. The van der Waals surface area contributed by atoms with E-state index in [1.54, 1.807) is 6.20 Å². The van der Waals surface area contributed by atoms with Crippen LogP contribution in [-0.4, -0.2) is 69.2 Å². The minimum atomic E-state index is 0.144. The molecule has 1 spiro atoms. The number of ether oxygens (including phenoxy) is 1. The third-order valence-electron chi connectivity index (χ3n) is 7.14. The van der Waals surface area contributed by atoms with E-state index in [0.717, 1.165) is 60.3 Å². The van der Waals surface area contributed by atoms with Crippen molar-refractivity contribution in [3.05, 3.63) is 53.5 Å². The lowest BCUT2D eigenvalue weighted by molar-refractivity contribution is -0.0929. The number of hydrogen-bond donors (Lipinski definition) is 2. The number of fused-ring (bicyclic) bond motifs is 1. The number of aliphatic imine (C=N–C) groups is 1. The Balaban J connectivity index is 1.24. The molecule has 38 heavy (non-hydrogen) atoms. The minimum absolute atomic E-state index is 0.144. The van der Waals surface area contributed by atoms with E-state index in [0.29, 0.717) is 29.4 Å². The van der Waals surface area contributed by atoms with Crippen molar-refractivity contribution in [2.45, 2.75) is 64.6 Å². The fourth-order valence-corrected chi connectivity index (χ4v) is 4.98. The van der Waals surface area contributed by atoms with Gasteiger partial charge in [0.25, 0.3) is 0 Å². The minimum Gasteiger partial charge on any atom is -0.402 e. The highest BCUT2D eigenvalue weighted by Gasteiger charge is 2.48. The molecule has 2 aliphatic rings. The van der Waals surface area contributed by atoms with Gasteiger partial charge >= 0.3 is 0 Å². The fraction of sp³-hybridized carbons (Fsp3) is 0.483. The summed E-state index contributed by atoms with van der Waals surface area (Å²) < 4.78 is 6.12. The Hall–Kier alpha value is -3.43. The number of anilines is 2. The maximum Gasteiger partial charge on any atom is 0.154 e. The van der Waals surface area contributed by atoms with E-state index in [9.17, 15) is 0 Å². The molecule has 200 valence electrons. The van der Waals surface area contributed by atoms with Crippen LogP contribution < -0.4 is 11.1 Å². The molecule has 5 rings (SSSR count). The summed E-state index contributed by atoms with van der Waals surface area (Å²) in [5.74, 6) is 1.71. The van der Waals surface area contributed by atoms with Crippen LogP contribution in [0.5, 0.6) is 0 Å². The first-order valence-electron chi connectivity index (χ1n) is 13.5. The van der Waals surface area contributed by atoms with Crippen LogP contribution in [0.1, 0.15) is 64.0 Å². The molecule has 1 atom stereocenters. The molecule has 3 aromatic rings. The molecular formula is C29H38N8O. The topological polar surface area (TPSA) is 114 Å². The van der Waals surface area contributed by atoms with E-state index in [4.69, 9.17) is 20.4 Å². The predicted molar refractivity (Wildman–Crippen MR) is 153 cm³/mol. The maximum absolute atomic E-state index is 6.26. The molecule has 9 heteroatoms. The molecule has 1 saturated carbocycles. The average Bonchev–Trinajstić information content (AvgIpc) is 3.62. The fourth-order valence-electron chi connectivity index (χ4n) is 4.98. The van der Waals surface area contributed by atoms with Crippen molar-refractivity contribution in [3.8, 4) is 0 Å². The SMILES string of the molecule is CC(N)=C(C=NCCCN1C[C@@H](C)OC2(CC2)C1)c1cnc2ccc(Nc3cc(C(C)C)cnn3)nc2c1. The third-order valence-corrected chi connectivity index (χ3v) is 7.14. The van der Waals surface area contributed by atoms with Crippen LogP contribution in [0.2, 0.25) is 0 Å². The number of nitrogens with zero attached hydrogens (tertiary/aromatic N) is 6. The second-order valence-electron chi connectivity index (χ2n) is 10.9. The average molecular weight is 515 g/mol. The monoisotopic (exact) mass is 514 g/mol. The third kappa shape index (κ3) is 6.34. The smallest absolute Gasteiger partial charge is 0.154 e. The molecule has 2 fully saturated rings. The normalized spacial score (nSPS) is 19.9. The van der Waals surface area contributed by atoms with E-state index in [1.807, 2.05) is 43.6 Å². The highest BCUT2D eigenvalue weighted by Crippen LogP contribution is 2.43. The molecule has 9 nitrogen and oxygen atoms in total.